The van der Waals surface area contributed by atoms with Crippen molar-refractivity contribution < 1.29 is 32.0 Å². The summed E-state index contributed by atoms with van der Waals surface area (Å²) in [6.07, 6.45) is 2.77. The number of esters is 1. The van der Waals surface area contributed by atoms with E-state index in [-0.39, 0.29) is 36.5 Å². The highest BCUT2D eigenvalue weighted by Gasteiger charge is 2.51. The molecule has 0 N–H and O–H groups in total. The molecule has 2 aromatic rings. The Morgan fingerprint density at radius 3 is 2.24 bits per heavy atom. The Morgan fingerprint density at radius 2 is 1.63 bits per heavy atom. The first-order valence-corrected chi connectivity index (χ1v) is 13.7. The first kappa shape index (κ1) is 26.8. The number of rotatable bonds is 7. The van der Waals surface area contributed by atoms with Crippen LogP contribution in [0.1, 0.15) is 68.3 Å². The molecule has 0 unspecified atom stereocenters. The van der Waals surface area contributed by atoms with Crippen LogP contribution in [0.2, 0.25) is 0 Å². The fourth-order valence-corrected chi connectivity index (χ4v) is 6.76. The smallest absolute Gasteiger partial charge is 0.435 e. The number of hydrogen-bond acceptors (Lipinski definition) is 5. The van der Waals surface area contributed by atoms with E-state index in [1.165, 1.54) is 6.07 Å². The summed E-state index contributed by atoms with van der Waals surface area (Å²) in [4.78, 5) is 26.9. The average Bonchev–Trinajstić information content (AvgIpc) is 3.17. The van der Waals surface area contributed by atoms with Gasteiger partial charge in [-0.3, -0.25) is 9.59 Å². The van der Waals surface area contributed by atoms with Crippen molar-refractivity contribution in [1.82, 2.24) is 10.2 Å². The molecule has 4 heterocycles. The number of fused-ring (bicyclic) bond motifs is 3. The van der Waals surface area contributed by atoms with Gasteiger partial charge < -0.3 is 9.22 Å². The maximum Gasteiger partial charge on any atom is 0.435 e. The van der Waals surface area contributed by atoms with Crippen molar-refractivity contribution in [2.75, 3.05) is 26.2 Å². The van der Waals surface area contributed by atoms with E-state index in [2.05, 4.69) is 10.2 Å². The fourth-order valence-electron chi connectivity index (χ4n) is 6.76. The molecular weight excluding hydrogens is 495 g/mol. The number of carbonyl (C=O) groups excluding carboxylic acids is 2. The lowest BCUT2D eigenvalue weighted by atomic mass is 9.74. The van der Waals surface area contributed by atoms with Crippen LogP contribution in [0, 0.1) is 5.92 Å². The minimum Gasteiger partial charge on any atom is -0.455 e. The zero-order valence-electron chi connectivity index (χ0n) is 21.6. The molecule has 0 amide bonds. The van der Waals surface area contributed by atoms with Crippen molar-refractivity contribution in [3.8, 4) is 0 Å². The molecule has 1 atom stereocenters. The Bertz CT molecular complexity index is 1120. The van der Waals surface area contributed by atoms with Crippen LogP contribution in [0.25, 0.3) is 0 Å². The SMILES string of the molecule is O=C(Cc1ccc(C(F)(F)F)nn1)C[N+]12CCC(CC1)[C@@H](OC(=O)C1(c3ccccc3)CCCCCC1)C2. The summed E-state index contributed by atoms with van der Waals surface area (Å²) in [6.45, 7) is 2.54. The molecule has 4 aliphatic rings. The van der Waals surface area contributed by atoms with Crippen LogP contribution in [0.3, 0.4) is 0 Å². The standard InChI is InChI=1S/C29H35F3N3O3/c30-29(31,32)26-11-10-23(33-34-26)18-24(36)19-35-16-12-21(13-17-35)25(20-35)38-27(37)28(14-6-1-2-7-15-28)22-8-4-3-5-9-22/h3-5,8-11,21,25H,1-2,6-7,12-20H2/q+1/t21?,25-,35?/m0/s1. The van der Waals surface area contributed by atoms with Gasteiger partial charge in [0.15, 0.2) is 17.6 Å². The number of Topliss-reactive ketones (excluding diaryl/α,β-unsaturated/α-hetero) is 1. The molecule has 3 saturated heterocycles. The van der Waals surface area contributed by atoms with Crippen molar-refractivity contribution in [3.63, 3.8) is 0 Å². The third-order valence-corrected chi connectivity index (χ3v) is 8.87. The van der Waals surface area contributed by atoms with Crippen LogP contribution in [0.15, 0.2) is 42.5 Å². The Labute approximate surface area is 221 Å². The highest BCUT2D eigenvalue weighted by molar-refractivity contribution is 5.83. The molecule has 38 heavy (non-hydrogen) atoms. The van der Waals surface area contributed by atoms with Crippen molar-refractivity contribution in [1.29, 1.82) is 0 Å². The van der Waals surface area contributed by atoms with E-state index in [4.69, 9.17) is 4.74 Å². The maximum absolute atomic E-state index is 13.9. The average molecular weight is 531 g/mol. The van der Waals surface area contributed by atoms with Crippen molar-refractivity contribution in [2.45, 2.75) is 75.5 Å². The third-order valence-electron chi connectivity index (χ3n) is 8.87. The number of hydrogen-bond donors (Lipinski definition) is 0. The molecule has 0 spiro atoms. The van der Waals surface area contributed by atoms with Gasteiger partial charge in [0.1, 0.15) is 13.1 Å². The molecule has 1 saturated carbocycles. The van der Waals surface area contributed by atoms with E-state index in [0.29, 0.717) is 16.9 Å². The summed E-state index contributed by atoms with van der Waals surface area (Å²) >= 11 is 0. The molecule has 0 radical (unpaired) electrons. The van der Waals surface area contributed by atoms with Gasteiger partial charge in [-0.2, -0.15) is 18.3 Å². The Hall–Kier alpha value is -2.81. The van der Waals surface area contributed by atoms with Gasteiger partial charge in [0.25, 0.3) is 0 Å². The molecular formula is C29H35F3N3O3+. The maximum atomic E-state index is 13.9. The zero-order chi connectivity index (χ0) is 26.8. The lowest BCUT2D eigenvalue weighted by Crippen LogP contribution is -2.66. The highest BCUT2D eigenvalue weighted by atomic mass is 19.4. The quantitative estimate of drug-likeness (QED) is 0.285. The number of carbonyl (C=O) groups is 2. The molecule has 1 aromatic heterocycles. The zero-order valence-corrected chi connectivity index (χ0v) is 21.6. The molecule has 6 rings (SSSR count). The van der Waals surface area contributed by atoms with Gasteiger partial charge >= 0.3 is 12.1 Å². The Morgan fingerprint density at radius 1 is 0.947 bits per heavy atom. The summed E-state index contributed by atoms with van der Waals surface area (Å²) in [5, 5.41) is 6.85. The molecule has 3 aliphatic heterocycles. The number of ether oxygens (including phenoxy) is 1. The number of aromatic nitrogens is 2. The summed E-state index contributed by atoms with van der Waals surface area (Å²) in [5.74, 6) is 0.0799. The first-order valence-electron chi connectivity index (χ1n) is 13.7. The number of quaternary nitrogens is 1. The predicted molar refractivity (Wildman–Crippen MR) is 134 cm³/mol. The van der Waals surface area contributed by atoms with Crippen LogP contribution >= 0.6 is 0 Å². The monoisotopic (exact) mass is 530 g/mol. The molecule has 4 fully saturated rings. The van der Waals surface area contributed by atoms with Crippen molar-refractivity contribution in [3.05, 3.63) is 59.4 Å². The number of nitrogens with zero attached hydrogens (tertiary/aromatic N) is 3. The number of alkyl halides is 3. The van der Waals surface area contributed by atoms with Gasteiger partial charge in [-0.05, 0) is 30.5 Å². The van der Waals surface area contributed by atoms with E-state index < -0.39 is 17.3 Å². The number of piperidine rings is 3. The number of halogens is 3. The van der Waals surface area contributed by atoms with Gasteiger partial charge in [0.2, 0.25) is 0 Å². The topological polar surface area (TPSA) is 69.2 Å². The molecule has 204 valence electrons. The van der Waals surface area contributed by atoms with Crippen LogP contribution in [0.5, 0.6) is 0 Å². The van der Waals surface area contributed by atoms with Gasteiger partial charge in [-0.25, -0.2) is 0 Å². The Kier molecular flexibility index (Phi) is 7.58. The summed E-state index contributed by atoms with van der Waals surface area (Å²) in [6, 6.07) is 12.1. The lowest BCUT2D eigenvalue weighted by Gasteiger charge is -2.52. The van der Waals surface area contributed by atoms with Crippen LogP contribution in [-0.2, 0) is 32.3 Å². The van der Waals surface area contributed by atoms with Crippen molar-refractivity contribution in [2.24, 2.45) is 5.92 Å². The van der Waals surface area contributed by atoms with Gasteiger partial charge in [0, 0.05) is 18.8 Å². The third kappa shape index (κ3) is 5.63. The second-order valence-corrected chi connectivity index (χ2v) is 11.4. The van der Waals surface area contributed by atoms with E-state index in [9.17, 15) is 22.8 Å². The van der Waals surface area contributed by atoms with Crippen LogP contribution in [-0.4, -0.2) is 58.7 Å². The van der Waals surface area contributed by atoms with E-state index in [0.717, 1.165) is 76.1 Å². The van der Waals surface area contributed by atoms with E-state index >= 15 is 0 Å². The minimum absolute atomic E-state index is 0.0594. The number of benzene rings is 1. The van der Waals surface area contributed by atoms with Gasteiger partial charge in [0.05, 0.1) is 30.6 Å². The second-order valence-electron chi connectivity index (χ2n) is 11.4. The van der Waals surface area contributed by atoms with Gasteiger partial charge in [-0.1, -0.05) is 56.0 Å². The van der Waals surface area contributed by atoms with E-state index in [1.54, 1.807) is 0 Å². The molecule has 2 bridgehead atoms. The minimum atomic E-state index is -4.56. The molecule has 9 heteroatoms. The summed E-state index contributed by atoms with van der Waals surface area (Å²) < 4.78 is 45.2. The summed E-state index contributed by atoms with van der Waals surface area (Å²) in [7, 11) is 0. The van der Waals surface area contributed by atoms with E-state index in [1.807, 2.05) is 30.3 Å². The lowest BCUT2D eigenvalue weighted by molar-refractivity contribution is -0.939. The predicted octanol–water partition coefficient (Wildman–Crippen LogP) is 5.05. The van der Waals surface area contributed by atoms with Crippen molar-refractivity contribution >= 4 is 11.8 Å². The molecule has 6 nitrogen and oxygen atoms in total. The number of ketones is 1. The molecule has 1 aliphatic carbocycles. The fraction of sp³-hybridized carbons (Fsp3) is 0.586. The summed E-state index contributed by atoms with van der Waals surface area (Å²) in [5.41, 5.74) is -0.425. The Balaban J connectivity index is 1.26. The first-order chi connectivity index (χ1) is 18.2. The highest BCUT2D eigenvalue weighted by Crippen LogP contribution is 2.42. The molecule has 1 aromatic carbocycles. The van der Waals surface area contributed by atoms with Crippen LogP contribution < -0.4 is 0 Å². The second kappa shape index (κ2) is 10.8. The van der Waals surface area contributed by atoms with Gasteiger partial charge in [-0.15, -0.1) is 5.10 Å². The largest absolute Gasteiger partial charge is 0.455 e. The van der Waals surface area contributed by atoms with Crippen LogP contribution in [0.4, 0.5) is 13.2 Å². The normalized spacial score (nSPS) is 26.9.